The van der Waals surface area contributed by atoms with Crippen LogP contribution in [0.25, 0.3) is 11.1 Å². The minimum Gasteiger partial charge on any atom is -0.462 e. The lowest BCUT2D eigenvalue weighted by atomic mass is 10.0. The normalized spacial score (nSPS) is 14.1. The van der Waals surface area contributed by atoms with Crippen molar-refractivity contribution in [2.75, 3.05) is 38.1 Å². The molecule has 1 aliphatic rings. The van der Waals surface area contributed by atoms with Gasteiger partial charge in [0.1, 0.15) is 10.6 Å². The highest BCUT2D eigenvalue weighted by atomic mass is 35.5. The van der Waals surface area contributed by atoms with Gasteiger partial charge in [-0.1, -0.05) is 54.1 Å². The minimum atomic E-state index is -0.330. The van der Waals surface area contributed by atoms with Crippen LogP contribution >= 0.6 is 35.2 Å². The van der Waals surface area contributed by atoms with E-state index in [0.717, 1.165) is 58.8 Å². The molecule has 8 heteroatoms. The van der Waals surface area contributed by atoms with E-state index in [1.807, 2.05) is 56.3 Å². The summed E-state index contributed by atoms with van der Waals surface area (Å²) in [7, 11) is 0. The predicted molar refractivity (Wildman–Crippen MR) is 145 cm³/mol. The number of benzene rings is 2. The van der Waals surface area contributed by atoms with Crippen LogP contribution < -0.4 is 5.32 Å². The molecule has 0 spiro atoms. The number of esters is 1. The molecule has 0 aliphatic carbocycles. The van der Waals surface area contributed by atoms with Crippen molar-refractivity contribution >= 4 is 51.2 Å². The topological polar surface area (TPSA) is 44.8 Å². The summed E-state index contributed by atoms with van der Waals surface area (Å²) >= 11 is 13.3. The zero-order valence-corrected chi connectivity index (χ0v) is 21.7. The van der Waals surface area contributed by atoms with E-state index in [2.05, 4.69) is 27.2 Å². The van der Waals surface area contributed by atoms with E-state index in [4.69, 9.17) is 28.6 Å². The number of ether oxygens (including phenoxy) is 1. The molecule has 0 atom stereocenters. The van der Waals surface area contributed by atoms with Gasteiger partial charge in [0.15, 0.2) is 5.11 Å². The highest BCUT2D eigenvalue weighted by molar-refractivity contribution is 7.80. The molecule has 4 rings (SSSR count). The third kappa shape index (κ3) is 5.78. The standard InChI is InChI=1S/C26H28ClN3O2S2/c1-3-32-25(31)23-22(20-7-5-4-6-8-20)18(2)34-24(23)28-26(33)30-15-13-29(14-16-30)17-19-9-11-21(27)12-10-19/h4-12H,3,13-17H2,1-2H3,(H,28,33). The Hall–Kier alpha value is -2.45. The molecule has 5 nitrogen and oxygen atoms in total. The van der Waals surface area contributed by atoms with Gasteiger partial charge in [-0.3, -0.25) is 4.90 Å². The largest absolute Gasteiger partial charge is 0.462 e. The predicted octanol–water partition coefficient (Wildman–Crippen LogP) is 6.07. The average molecular weight is 514 g/mol. The Morgan fingerprint density at radius 3 is 2.41 bits per heavy atom. The number of piperazine rings is 1. The average Bonchev–Trinajstić information content (AvgIpc) is 3.17. The third-order valence-electron chi connectivity index (χ3n) is 5.83. The second kappa shape index (κ2) is 11.3. The molecule has 0 radical (unpaired) electrons. The Labute approximate surface area is 215 Å². The van der Waals surface area contributed by atoms with E-state index in [1.54, 1.807) is 0 Å². The first-order chi connectivity index (χ1) is 16.5. The lowest BCUT2D eigenvalue weighted by Gasteiger charge is -2.36. The molecular weight excluding hydrogens is 486 g/mol. The molecule has 2 heterocycles. The molecular formula is C26H28ClN3O2S2. The first-order valence-corrected chi connectivity index (χ1v) is 12.9. The maximum Gasteiger partial charge on any atom is 0.341 e. The van der Waals surface area contributed by atoms with Crippen LogP contribution in [0, 0.1) is 6.92 Å². The van der Waals surface area contributed by atoms with Gasteiger partial charge in [0.2, 0.25) is 0 Å². The molecule has 0 bridgehead atoms. The van der Waals surface area contributed by atoms with Crippen molar-refractivity contribution in [2.24, 2.45) is 0 Å². The summed E-state index contributed by atoms with van der Waals surface area (Å²) in [6, 6.07) is 17.9. The number of rotatable bonds is 6. The Kier molecular flexibility index (Phi) is 8.21. The molecule has 1 saturated heterocycles. The number of hydrogen-bond acceptors (Lipinski definition) is 5. The van der Waals surface area contributed by atoms with E-state index < -0.39 is 0 Å². The number of carbonyl (C=O) groups excluding carboxylic acids is 1. The maximum absolute atomic E-state index is 12.9. The number of thiocarbonyl (C=S) groups is 1. The smallest absolute Gasteiger partial charge is 0.341 e. The number of aryl methyl sites for hydroxylation is 1. The zero-order valence-electron chi connectivity index (χ0n) is 19.3. The van der Waals surface area contributed by atoms with Gasteiger partial charge >= 0.3 is 5.97 Å². The van der Waals surface area contributed by atoms with E-state index >= 15 is 0 Å². The molecule has 3 aromatic rings. The van der Waals surface area contributed by atoms with Crippen LogP contribution in [0.2, 0.25) is 5.02 Å². The highest BCUT2D eigenvalue weighted by Crippen LogP contribution is 2.40. The van der Waals surface area contributed by atoms with Crippen LogP contribution in [-0.2, 0) is 11.3 Å². The van der Waals surface area contributed by atoms with Gasteiger partial charge < -0.3 is 15.0 Å². The lowest BCUT2D eigenvalue weighted by Crippen LogP contribution is -2.49. The Morgan fingerprint density at radius 2 is 1.76 bits per heavy atom. The van der Waals surface area contributed by atoms with Gasteiger partial charge in [-0.15, -0.1) is 11.3 Å². The van der Waals surface area contributed by atoms with Crippen molar-refractivity contribution in [3.05, 3.63) is 75.6 Å². The zero-order chi connectivity index (χ0) is 24.1. The fourth-order valence-electron chi connectivity index (χ4n) is 4.12. The molecule has 1 N–H and O–H groups in total. The quantitative estimate of drug-likeness (QED) is 0.319. The van der Waals surface area contributed by atoms with Gasteiger partial charge in [0, 0.05) is 48.2 Å². The molecule has 1 fully saturated rings. The van der Waals surface area contributed by atoms with Crippen molar-refractivity contribution in [1.82, 2.24) is 9.80 Å². The Bertz CT molecular complexity index is 1140. The molecule has 0 amide bonds. The summed E-state index contributed by atoms with van der Waals surface area (Å²) in [5.41, 5.74) is 3.70. The summed E-state index contributed by atoms with van der Waals surface area (Å²) in [5.74, 6) is -0.330. The second-order valence-electron chi connectivity index (χ2n) is 8.14. The first-order valence-electron chi connectivity index (χ1n) is 11.3. The van der Waals surface area contributed by atoms with Crippen molar-refractivity contribution < 1.29 is 9.53 Å². The number of anilines is 1. The van der Waals surface area contributed by atoms with Crippen LogP contribution in [0.15, 0.2) is 54.6 Å². The molecule has 0 unspecified atom stereocenters. The summed E-state index contributed by atoms with van der Waals surface area (Å²) < 4.78 is 5.41. The molecule has 2 aromatic carbocycles. The maximum atomic E-state index is 12.9. The highest BCUT2D eigenvalue weighted by Gasteiger charge is 2.26. The SMILES string of the molecule is CCOC(=O)c1c(NC(=S)N2CCN(Cc3ccc(Cl)cc3)CC2)sc(C)c1-c1ccccc1. The molecule has 178 valence electrons. The Balaban J connectivity index is 1.45. The summed E-state index contributed by atoms with van der Waals surface area (Å²) in [4.78, 5) is 18.6. The number of carbonyl (C=O) groups is 1. The van der Waals surface area contributed by atoms with Crippen molar-refractivity contribution in [3.8, 4) is 11.1 Å². The number of nitrogens with one attached hydrogen (secondary N) is 1. The van der Waals surface area contributed by atoms with E-state index in [-0.39, 0.29) is 5.97 Å². The van der Waals surface area contributed by atoms with Gasteiger partial charge in [0.05, 0.1) is 6.61 Å². The van der Waals surface area contributed by atoms with E-state index in [0.29, 0.717) is 17.3 Å². The van der Waals surface area contributed by atoms with Crippen molar-refractivity contribution in [2.45, 2.75) is 20.4 Å². The van der Waals surface area contributed by atoms with Gasteiger partial charge in [-0.05, 0) is 49.3 Å². The van der Waals surface area contributed by atoms with Crippen LogP contribution in [0.3, 0.4) is 0 Å². The van der Waals surface area contributed by atoms with Gasteiger partial charge in [-0.25, -0.2) is 4.79 Å². The summed E-state index contributed by atoms with van der Waals surface area (Å²) in [5, 5.41) is 5.50. The minimum absolute atomic E-state index is 0.321. The fourth-order valence-corrected chi connectivity index (χ4v) is 5.65. The molecule has 1 aliphatic heterocycles. The first kappa shape index (κ1) is 24.7. The molecule has 0 saturated carbocycles. The Morgan fingerprint density at radius 1 is 1.09 bits per heavy atom. The van der Waals surface area contributed by atoms with Gasteiger partial charge in [-0.2, -0.15) is 0 Å². The van der Waals surface area contributed by atoms with Crippen molar-refractivity contribution in [1.29, 1.82) is 0 Å². The monoisotopic (exact) mass is 513 g/mol. The second-order valence-corrected chi connectivity index (χ2v) is 10.2. The van der Waals surface area contributed by atoms with Crippen LogP contribution in [0.4, 0.5) is 5.00 Å². The number of hydrogen-bond donors (Lipinski definition) is 1. The van der Waals surface area contributed by atoms with Crippen LogP contribution in [-0.4, -0.2) is 53.7 Å². The van der Waals surface area contributed by atoms with Crippen LogP contribution in [0.5, 0.6) is 0 Å². The summed E-state index contributed by atoms with van der Waals surface area (Å²) in [6.45, 7) is 8.53. The summed E-state index contributed by atoms with van der Waals surface area (Å²) in [6.07, 6.45) is 0. The van der Waals surface area contributed by atoms with Crippen LogP contribution in [0.1, 0.15) is 27.7 Å². The van der Waals surface area contributed by atoms with E-state index in [1.165, 1.54) is 16.9 Å². The third-order valence-corrected chi connectivity index (χ3v) is 7.46. The lowest BCUT2D eigenvalue weighted by molar-refractivity contribution is 0.0529. The number of thiophene rings is 1. The molecule has 1 aromatic heterocycles. The van der Waals surface area contributed by atoms with Gasteiger partial charge in [0.25, 0.3) is 0 Å². The fraction of sp³-hybridized carbons (Fsp3) is 0.308. The number of nitrogens with zero attached hydrogens (tertiary/aromatic N) is 2. The number of halogens is 1. The molecule has 34 heavy (non-hydrogen) atoms. The van der Waals surface area contributed by atoms with Crippen molar-refractivity contribution in [3.63, 3.8) is 0 Å². The van der Waals surface area contributed by atoms with E-state index in [9.17, 15) is 4.79 Å².